The first kappa shape index (κ1) is 15.8. The largest absolute Gasteiger partial charge is 0.348 e. The number of hydrogen-bond donors (Lipinski definition) is 2. The molecule has 0 saturated heterocycles. The molecule has 2 rings (SSSR count). The van der Waals surface area contributed by atoms with Crippen LogP contribution >= 0.6 is 0 Å². The van der Waals surface area contributed by atoms with Gasteiger partial charge in [-0.2, -0.15) is 0 Å². The first-order valence-corrected chi connectivity index (χ1v) is 7.17. The van der Waals surface area contributed by atoms with Crippen molar-refractivity contribution >= 4 is 17.5 Å². The van der Waals surface area contributed by atoms with Gasteiger partial charge in [0, 0.05) is 24.7 Å². The van der Waals surface area contributed by atoms with Crippen LogP contribution in [0.2, 0.25) is 0 Å². The third kappa shape index (κ3) is 4.19. The average Bonchev–Trinajstić information content (AvgIpc) is 2.45. The summed E-state index contributed by atoms with van der Waals surface area (Å²) in [6.07, 6.45) is 0. The van der Waals surface area contributed by atoms with E-state index < -0.39 is 0 Å². The molecule has 4 heteroatoms. The van der Waals surface area contributed by atoms with Crippen LogP contribution in [0.4, 0.5) is 5.69 Å². The Morgan fingerprint density at radius 3 is 2.27 bits per heavy atom. The molecular formula is C18H20N2O2. The third-order valence-electron chi connectivity index (χ3n) is 3.35. The molecule has 0 fully saturated rings. The van der Waals surface area contributed by atoms with E-state index in [1.54, 1.807) is 0 Å². The minimum Gasteiger partial charge on any atom is -0.348 e. The second-order valence-corrected chi connectivity index (χ2v) is 5.38. The number of anilines is 1. The fraction of sp³-hybridized carbons (Fsp3) is 0.222. The van der Waals surface area contributed by atoms with Crippen LogP contribution in [0.5, 0.6) is 0 Å². The number of carbonyl (C=O) groups is 2. The van der Waals surface area contributed by atoms with Crippen molar-refractivity contribution in [1.29, 1.82) is 0 Å². The van der Waals surface area contributed by atoms with Gasteiger partial charge in [0.1, 0.15) is 0 Å². The number of aryl methyl sites for hydroxylation is 2. The van der Waals surface area contributed by atoms with Gasteiger partial charge < -0.3 is 10.6 Å². The van der Waals surface area contributed by atoms with Crippen LogP contribution in [-0.2, 0) is 11.3 Å². The van der Waals surface area contributed by atoms with Gasteiger partial charge in [0.15, 0.2) is 0 Å². The summed E-state index contributed by atoms with van der Waals surface area (Å²) in [5.74, 6) is -0.181. The smallest absolute Gasteiger partial charge is 0.251 e. The van der Waals surface area contributed by atoms with Crippen molar-refractivity contribution < 1.29 is 9.59 Å². The zero-order chi connectivity index (χ0) is 16.1. The number of nitrogens with one attached hydrogen (secondary N) is 2. The van der Waals surface area contributed by atoms with Gasteiger partial charge in [-0.25, -0.2) is 0 Å². The lowest BCUT2D eigenvalue weighted by Gasteiger charge is -2.09. The summed E-state index contributed by atoms with van der Waals surface area (Å²) >= 11 is 0. The van der Waals surface area contributed by atoms with Crippen LogP contribution < -0.4 is 10.6 Å². The summed E-state index contributed by atoms with van der Waals surface area (Å²) in [7, 11) is 0. The molecule has 0 radical (unpaired) electrons. The summed E-state index contributed by atoms with van der Waals surface area (Å²) in [5, 5.41) is 5.62. The number of hydrogen-bond acceptors (Lipinski definition) is 2. The highest BCUT2D eigenvalue weighted by Crippen LogP contribution is 2.12. The molecule has 4 nitrogen and oxygen atoms in total. The standard InChI is InChI=1S/C18H20N2O2/c1-12-4-9-17(13(2)10-12)18(22)19-11-15-5-7-16(8-6-15)20-14(3)21/h4-10H,11H2,1-3H3,(H,19,22)(H,20,21). The molecule has 0 bridgehead atoms. The number of benzene rings is 2. The third-order valence-corrected chi connectivity index (χ3v) is 3.35. The van der Waals surface area contributed by atoms with Gasteiger partial charge in [0.05, 0.1) is 0 Å². The molecule has 0 aliphatic carbocycles. The zero-order valence-corrected chi connectivity index (χ0v) is 13.1. The molecule has 0 aliphatic heterocycles. The Bertz CT molecular complexity index is 691. The van der Waals surface area contributed by atoms with E-state index in [-0.39, 0.29) is 11.8 Å². The molecule has 2 aromatic rings. The second kappa shape index (κ2) is 6.89. The predicted octanol–water partition coefficient (Wildman–Crippen LogP) is 3.19. The van der Waals surface area contributed by atoms with Crippen molar-refractivity contribution in [1.82, 2.24) is 5.32 Å². The van der Waals surface area contributed by atoms with E-state index in [1.807, 2.05) is 56.3 Å². The minimum atomic E-state index is -0.101. The van der Waals surface area contributed by atoms with E-state index in [0.29, 0.717) is 12.1 Å². The summed E-state index contributed by atoms with van der Waals surface area (Å²) in [6, 6.07) is 13.2. The van der Waals surface area contributed by atoms with E-state index in [4.69, 9.17) is 0 Å². The van der Waals surface area contributed by atoms with Crippen LogP contribution in [0.15, 0.2) is 42.5 Å². The van der Waals surface area contributed by atoms with E-state index in [9.17, 15) is 9.59 Å². The minimum absolute atomic E-state index is 0.0802. The maximum absolute atomic E-state index is 12.2. The van der Waals surface area contributed by atoms with E-state index in [1.165, 1.54) is 6.92 Å². The Hall–Kier alpha value is -2.62. The van der Waals surface area contributed by atoms with Gasteiger partial charge in [-0.1, -0.05) is 29.8 Å². The van der Waals surface area contributed by atoms with E-state index in [0.717, 1.165) is 22.4 Å². The molecule has 114 valence electrons. The number of rotatable bonds is 4. The highest BCUT2D eigenvalue weighted by atomic mass is 16.2. The van der Waals surface area contributed by atoms with Crippen LogP contribution in [-0.4, -0.2) is 11.8 Å². The molecule has 0 saturated carbocycles. The van der Waals surface area contributed by atoms with Crippen LogP contribution in [0.1, 0.15) is 34.0 Å². The Morgan fingerprint density at radius 1 is 1.00 bits per heavy atom. The molecule has 0 unspecified atom stereocenters. The van der Waals surface area contributed by atoms with Crippen LogP contribution in [0.3, 0.4) is 0 Å². The number of carbonyl (C=O) groups excluding carboxylic acids is 2. The molecule has 0 aromatic heterocycles. The first-order valence-electron chi connectivity index (χ1n) is 7.17. The Kier molecular flexibility index (Phi) is 4.94. The van der Waals surface area contributed by atoms with Gasteiger partial charge in [0.25, 0.3) is 5.91 Å². The fourth-order valence-electron chi connectivity index (χ4n) is 2.26. The van der Waals surface area contributed by atoms with Gasteiger partial charge >= 0.3 is 0 Å². The van der Waals surface area contributed by atoms with Gasteiger partial charge in [-0.3, -0.25) is 9.59 Å². The summed E-state index contributed by atoms with van der Waals surface area (Å²) in [5.41, 5.74) is 4.53. The summed E-state index contributed by atoms with van der Waals surface area (Å²) in [4.78, 5) is 23.2. The van der Waals surface area contributed by atoms with Gasteiger partial charge in [0.2, 0.25) is 5.91 Å². The highest BCUT2D eigenvalue weighted by Gasteiger charge is 2.08. The van der Waals surface area contributed by atoms with E-state index in [2.05, 4.69) is 10.6 Å². The maximum Gasteiger partial charge on any atom is 0.251 e. The maximum atomic E-state index is 12.2. The van der Waals surface area contributed by atoms with Crippen molar-refractivity contribution in [2.24, 2.45) is 0 Å². The van der Waals surface area contributed by atoms with Crippen molar-refractivity contribution in [3.05, 3.63) is 64.7 Å². The van der Waals surface area contributed by atoms with Crippen LogP contribution in [0.25, 0.3) is 0 Å². The average molecular weight is 296 g/mol. The SMILES string of the molecule is CC(=O)Nc1ccc(CNC(=O)c2ccc(C)cc2C)cc1. The lowest BCUT2D eigenvalue weighted by molar-refractivity contribution is -0.114. The first-order chi connectivity index (χ1) is 10.5. The monoisotopic (exact) mass is 296 g/mol. The van der Waals surface area contributed by atoms with Crippen molar-refractivity contribution in [3.63, 3.8) is 0 Å². The molecule has 22 heavy (non-hydrogen) atoms. The Morgan fingerprint density at radius 2 is 1.68 bits per heavy atom. The molecular weight excluding hydrogens is 276 g/mol. The normalized spacial score (nSPS) is 10.1. The zero-order valence-electron chi connectivity index (χ0n) is 13.1. The second-order valence-electron chi connectivity index (χ2n) is 5.38. The van der Waals surface area contributed by atoms with E-state index >= 15 is 0 Å². The van der Waals surface area contributed by atoms with Crippen molar-refractivity contribution in [2.75, 3.05) is 5.32 Å². The summed E-state index contributed by atoms with van der Waals surface area (Å²) < 4.78 is 0. The van der Waals surface area contributed by atoms with Crippen molar-refractivity contribution in [3.8, 4) is 0 Å². The van der Waals surface area contributed by atoms with Crippen molar-refractivity contribution in [2.45, 2.75) is 27.3 Å². The van der Waals surface area contributed by atoms with Gasteiger partial charge in [-0.15, -0.1) is 0 Å². The quantitative estimate of drug-likeness (QED) is 0.910. The molecule has 0 aliphatic rings. The fourth-order valence-corrected chi connectivity index (χ4v) is 2.26. The topological polar surface area (TPSA) is 58.2 Å². The lowest BCUT2D eigenvalue weighted by atomic mass is 10.1. The Balaban J connectivity index is 1.97. The molecule has 2 N–H and O–H groups in total. The molecule has 2 amide bonds. The lowest BCUT2D eigenvalue weighted by Crippen LogP contribution is -2.23. The molecule has 0 heterocycles. The molecule has 2 aromatic carbocycles. The highest BCUT2D eigenvalue weighted by molar-refractivity contribution is 5.95. The Labute approximate surface area is 130 Å². The number of amides is 2. The predicted molar refractivity (Wildman–Crippen MR) is 87.8 cm³/mol. The molecule has 0 spiro atoms. The molecule has 0 atom stereocenters. The van der Waals surface area contributed by atoms with Crippen LogP contribution in [0, 0.1) is 13.8 Å². The van der Waals surface area contributed by atoms with Gasteiger partial charge in [-0.05, 0) is 43.2 Å². The summed E-state index contributed by atoms with van der Waals surface area (Å²) in [6.45, 7) is 5.86.